The lowest BCUT2D eigenvalue weighted by atomic mass is 9.81. The predicted molar refractivity (Wildman–Crippen MR) is 130 cm³/mol. The molecular formula is C28H28F2N2O3. The molecule has 1 saturated heterocycles. The third kappa shape index (κ3) is 6.14. The number of alkyl halides is 1. The summed E-state index contributed by atoms with van der Waals surface area (Å²) in [6, 6.07) is 13.1. The van der Waals surface area contributed by atoms with Gasteiger partial charge in [0.15, 0.2) is 0 Å². The number of carboxylic acid groups (broad SMARTS) is 1. The van der Waals surface area contributed by atoms with Crippen LogP contribution in [0.15, 0.2) is 54.7 Å². The van der Waals surface area contributed by atoms with Gasteiger partial charge in [-0.2, -0.15) is 0 Å². The van der Waals surface area contributed by atoms with Crippen LogP contribution in [0.3, 0.4) is 0 Å². The van der Waals surface area contributed by atoms with Crippen molar-refractivity contribution in [2.45, 2.75) is 25.4 Å². The third-order valence-electron chi connectivity index (χ3n) is 6.63. The number of halogens is 2. The summed E-state index contributed by atoms with van der Waals surface area (Å²) in [5, 5.41) is 10.5. The first-order valence-corrected chi connectivity index (χ1v) is 11.7. The van der Waals surface area contributed by atoms with Crippen molar-refractivity contribution >= 4 is 16.9 Å². The zero-order valence-corrected chi connectivity index (χ0v) is 19.6. The number of hydrogen-bond donors (Lipinski definition) is 1. The Morgan fingerprint density at radius 2 is 2.14 bits per heavy atom. The molecule has 0 aliphatic carbocycles. The van der Waals surface area contributed by atoms with E-state index in [1.54, 1.807) is 49.7 Å². The molecule has 1 N–H and O–H groups in total. The lowest BCUT2D eigenvalue weighted by Crippen LogP contribution is -2.44. The van der Waals surface area contributed by atoms with Gasteiger partial charge in [-0.05, 0) is 79.8 Å². The first kappa shape index (κ1) is 24.6. The summed E-state index contributed by atoms with van der Waals surface area (Å²) >= 11 is 0. The van der Waals surface area contributed by atoms with Crippen molar-refractivity contribution in [3.05, 3.63) is 71.7 Å². The summed E-state index contributed by atoms with van der Waals surface area (Å²) in [4.78, 5) is 18.3. The number of pyridine rings is 1. The highest BCUT2D eigenvalue weighted by Crippen LogP contribution is 2.35. The van der Waals surface area contributed by atoms with Crippen molar-refractivity contribution in [3.63, 3.8) is 0 Å². The molecule has 0 saturated carbocycles. The Morgan fingerprint density at radius 3 is 2.91 bits per heavy atom. The van der Waals surface area contributed by atoms with E-state index in [4.69, 9.17) is 4.74 Å². The third-order valence-corrected chi connectivity index (χ3v) is 6.63. The van der Waals surface area contributed by atoms with Crippen LogP contribution in [0.4, 0.5) is 8.78 Å². The quantitative estimate of drug-likeness (QED) is 0.470. The molecule has 0 amide bonds. The SMILES string of the molecule is COc1ccc2nccc(C(F)CC[C@@H]3CCN(CC#Cc4cccc(F)c4)C[C@@H]3C(=O)O)c2c1. The van der Waals surface area contributed by atoms with E-state index in [9.17, 15) is 14.3 Å². The monoisotopic (exact) mass is 478 g/mol. The largest absolute Gasteiger partial charge is 0.497 e. The molecule has 1 aromatic heterocycles. The Balaban J connectivity index is 1.38. The number of ether oxygens (including phenoxy) is 1. The molecule has 1 aliphatic heterocycles. The van der Waals surface area contributed by atoms with Crippen LogP contribution in [0.25, 0.3) is 10.9 Å². The minimum absolute atomic E-state index is 0.110. The number of nitrogens with zero attached hydrogens (tertiary/aromatic N) is 2. The molecule has 0 radical (unpaired) electrons. The molecule has 1 aliphatic rings. The second-order valence-corrected chi connectivity index (χ2v) is 8.87. The van der Waals surface area contributed by atoms with Crippen LogP contribution in [-0.4, -0.2) is 47.7 Å². The van der Waals surface area contributed by atoms with E-state index in [-0.39, 0.29) is 18.2 Å². The van der Waals surface area contributed by atoms with Crippen LogP contribution >= 0.6 is 0 Å². The second-order valence-electron chi connectivity index (χ2n) is 8.87. The smallest absolute Gasteiger partial charge is 0.308 e. The zero-order valence-electron chi connectivity index (χ0n) is 19.6. The molecule has 4 rings (SSSR count). The Bertz CT molecular complexity index is 1250. The summed E-state index contributed by atoms with van der Waals surface area (Å²) in [6.07, 6.45) is 1.76. The molecule has 2 heterocycles. The molecular weight excluding hydrogens is 450 g/mol. The maximum atomic E-state index is 15.3. The van der Waals surface area contributed by atoms with Gasteiger partial charge in [0.05, 0.1) is 25.1 Å². The molecule has 5 nitrogen and oxygen atoms in total. The van der Waals surface area contributed by atoms with Crippen LogP contribution in [0, 0.1) is 29.5 Å². The van der Waals surface area contributed by atoms with E-state index in [0.717, 1.165) is 0 Å². The molecule has 35 heavy (non-hydrogen) atoms. The van der Waals surface area contributed by atoms with Gasteiger partial charge in [-0.3, -0.25) is 14.7 Å². The van der Waals surface area contributed by atoms with Crippen molar-refractivity contribution in [1.82, 2.24) is 9.88 Å². The number of methoxy groups -OCH3 is 1. The highest BCUT2D eigenvalue weighted by atomic mass is 19.1. The Kier molecular flexibility index (Phi) is 7.94. The van der Waals surface area contributed by atoms with Gasteiger partial charge in [-0.1, -0.05) is 17.9 Å². The molecule has 0 spiro atoms. The number of carbonyl (C=O) groups is 1. The summed E-state index contributed by atoms with van der Waals surface area (Å²) in [7, 11) is 1.57. The number of carboxylic acids is 1. The first-order valence-electron chi connectivity index (χ1n) is 11.7. The molecule has 1 fully saturated rings. The van der Waals surface area contributed by atoms with E-state index in [1.807, 2.05) is 4.90 Å². The van der Waals surface area contributed by atoms with Crippen LogP contribution in [0.2, 0.25) is 0 Å². The number of likely N-dealkylation sites (tertiary alicyclic amines) is 1. The van der Waals surface area contributed by atoms with Gasteiger partial charge in [-0.25, -0.2) is 8.78 Å². The lowest BCUT2D eigenvalue weighted by molar-refractivity contribution is -0.146. The molecule has 182 valence electrons. The standard InChI is InChI=1S/C28H28F2N2O3/c1-35-22-8-10-27-24(17-22)23(11-13-31-27)26(30)9-7-20-12-15-32(18-25(20)28(33)34)14-3-5-19-4-2-6-21(29)16-19/h2,4,6,8,10-11,13,16-17,20,25-26H,7,9,12,14-15,18H2,1H3,(H,33,34)/t20-,25+,26?/m1/s1. The maximum Gasteiger partial charge on any atom is 0.308 e. The fourth-order valence-corrected chi connectivity index (χ4v) is 4.72. The highest BCUT2D eigenvalue weighted by molar-refractivity contribution is 5.83. The second kappa shape index (κ2) is 11.3. The molecule has 7 heteroatoms. The van der Waals surface area contributed by atoms with Crippen molar-refractivity contribution in [1.29, 1.82) is 0 Å². The fraction of sp³-hybridized carbons (Fsp3) is 0.357. The van der Waals surface area contributed by atoms with Gasteiger partial charge in [-0.15, -0.1) is 0 Å². The Hall–Kier alpha value is -3.50. The van der Waals surface area contributed by atoms with Gasteiger partial charge >= 0.3 is 5.97 Å². The van der Waals surface area contributed by atoms with Crippen LogP contribution < -0.4 is 4.74 Å². The van der Waals surface area contributed by atoms with Crippen molar-refractivity contribution in [2.24, 2.45) is 11.8 Å². The number of rotatable bonds is 7. The molecule has 2 aromatic carbocycles. The molecule has 3 atom stereocenters. The first-order chi connectivity index (χ1) is 16.9. The molecule has 3 aromatic rings. The lowest BCUT2D eigenvalue weighted by Gasteiger charge is -2.35. The minimum Gasteiger partial charge on any atom is -0.497 e. The minimum atomic E-state index is -1.22. The Morgan fingerprint density at radius 1 is 1.29 bits per heavy atom. The normalized spacial score (nSPS) is 19.1. The van der Waals surface area contributed by atoms with Crippen molar-refractivity contribution in [2.75, 3.05) is 26.7 Å². The number of piperidine rings is 1. The van der Waals surface area contributed by atoms with Gasteiger partial charge in [0.2, 0.25) is 0 Å². The van der Waals surface area contributed by atoms with Gasteiger partial charge in [0.25, 0.3) is 0 Å². The van der Waals surface area contributed by atoms with Crippen LogP contribution in [0.5, 0.6) is 5.75 Å². The predicted octanol–water partition coefficient (Wildman–Crippen LogP) is 5.25. The Labute approximate surface area is 203 Å². The van der Waals surface area contributed by atoms with E-state index in [0.29, 0.717) is 60.3 Å². The molecule has 1 unspecified atom stereocenters. The maximum absolute atomic E-state index is 15.3. The van der Waals surface area contributed by atoms with Crippen LogP contribution in [0.1, 0.15) is 36.6 Å². The van der Waals surface area contributed by atoms with Crippen LogP contribution in [-0.2, 0) is 4.79 Å². The average molecular weight is 479 g/mol. The number of fused-ring (bicyclic) bond motifs is 1. The van der Waals surface area contributed by atoms with Gasteiger partial charge in [0, 0.05) is 23.7 Å². The highest BCUT2D eigenvalue weighted by Gasteiger charge is 2.34. The van der Waals surface area contributed by atoms with E-state index in [1.165, 1.54) is 12.1 Å². The summed E-state index contributed by atoms with van der Waals surface area (Å²) in [5.41, 5.74) is 1.83. The van der Waals surface area contributed by atoms with E-state index >= 15 is 4.39 Å². The van der Waals surface area contributed by atoms with Crippen molar-refractivity contribution in [3.8, 4) is 17.6 Å². The topological polar surface area (TPSA) is 62.7 Å². The molecule has 0 bridgehead atoms. The average Bonchev–Trinajstić information content (AvgIpc) is 2.87. The number of aromatic nitrogens is 1. The van der Waals surface area contributed by atoms with Gasteiger partial charge < -0.3 is 9.84 Å². The number of benzene rings is 2. The summed E-state index contributed by atoms with van der Waals surface area (Å²) < 4.78 is 33.9. The van der Waals surface area contributed by atoms with E-state index < -0.39 is 18.1 Å². The summed E-state index contributed by atoms with van der Waals surface area (Å²) in [6.45, 7) is 1.46. The number of aliphatic carboxylic acids is 1. The number of hydrogen-bond acceptors (Lipinski definition) is 4. The summed E-state index contributed by atoms with van der Waals surface area (Å²) in [5.74, 6) is 4.67. The van der Waals surface area contributed by atoms with E-state index in [2.05, 4.69) is 16.8 Å². The fourth-order valence-electron chi connectivity index (χ4n) is 4.72. The van der Waals surface area contributed by atoms with Gasteiger partial charge in [0.1, 0.15) is 17.7 Å². The zero-order chi connectivity index (χ0) is 24.8. The van der Waals surface area contributed by atoms with Crippen molar-refractivity contribution < 1.29 is 23.4 Å².